The van der Waals surface area contributed by atoms with Crippen LogP contribution in [-0.4, -0.2) is 15.6 Å². The Morgan fingerprint density at radius 3 is 2.53 bits per heavy atom. The molecule has 0 unspecified atom stereocenters. The van der Waals surface area contributed by atoms with Crippen LogP contribution in [0.25, 0.3) is 0 Å². The number of rotatable bonds is 1. The standard InChI is InChI=1S/C9H9F3N2O/c1-5-4-13-14(6-2-7(15)3-6)8(5)9(10,11)12/h4,6H,2-3H2,1H3. The number of halogens is 3. The molecule has 0 aromatic carbocycles. The van der Waals surface area contributed by atoms with Gasteiger partial charge < -0.3 is 0 Å². The van der Waals surface area contributed by atoms with E-state index in [0.717, 1.165) is 4.68 Å². The number of nitrogens with zero attached hydrogens (tertiary/aromatic N) is 2. The lowest BCUT2D eigenvalue weighted by Gasteiger charge is -2.26. The van der Waals surface area contributed by atoms with Crippen LogP contribution in [0, 0.1) is 6.92 Å². The van der Waals surface area contributed by atoms with Crippen LogP contribution in [0.2, 0.25) is 0 Å². The van der Waals surface area contributed by atoms with Crippen molar-refractivity contribution in [3.63, 3.8) is 0 Å². The summed E-state index contributed by atoms with van der Waals surface area (Å²) >= 11 is 0. The number of alkyl halides is 3. The van der Waals surface area contributed by atoms with Gasteiger partial charge in [0.25, 0.3) is 0 Å². The maximum atomic E-state index is 12.6. The first-order chi connectivity index (χ1) is 6.89. The predicted octanol–water partition coefficient (Wildman–Crippen LogP) is 2.11. The summed E-state index contributed by atoms with van der Waals surface area (Å²) in [5.74, 6) is -0.0127. The van der Waals surface area contributed by atoms with Crippen molar-refractivity contribution in [3.05, 3.63) is 17.5 Å². The summed E-state index contributed by atoms with van der Waals surface area (Å²) in [5.41, 5.74) is -0.637. The van der Waals surface area contributed by atoms with E-state index in [4.69, 9.17) is 0 Å². The molecule has 15 heavy (non-hydrogen) atoms. The minimum Gasteiger partial charge on any atom is -0.300 e. The van der Waals surface area contributed by atoms with Gasteiger partial charge in [0, 0.05) is 12.8 Å². The summed E-state index contributed by atoms with van der Waals surface area (Å²) in [4.78, 5) is 10.7. The molecule has 1 aromatic heterocycles. The van der Waals surface area contributed by atoms with Gasteiger partial charge >= 0.3 is 6.18 Å². The van der Waals surface area contributed by atoms with E-state index >= 15 is 0 Å². The van der Waals surface area contributed by atoms with E-state index in [1.807, 2.05) is 0 Å². The van der Waals surface area contributed by atoms with Crippen LogP contribution < -0.4 is 0 Å². The van der Waals surface area contributed by atoms with Crippen LogP contribution in [0.15, 0.2) is 6.20 Å². The molecule has 1 aromatic rings. The Kier molecular flexibility index (Phi) is 2.09. The monoisotopic (exact) mass is 218 g/mol. The number of hydrogen-bond acceptors (Lipinski definition) is 2. The smallest absolute Gasteiger partial charge is 0.300 e. The highest BCUT2D eigenvalue weighted by Crippen LogP contribution is 2.37. The molecular weight excluding hydrogens is 209 g/mol. The first-order valence-electron chi connectivity index (χ1n) is 4.52. The fourth-order valence-corrected chi connectivity index (χ4v) is 1.72. The molecule has 1 heterocycles. The maximum absolute atomic E-state index is 12.6. The minimum atomic E-state index is -4.40. The zero-order chi connectivity index (χ0) is 11.2. The molecule has 0 amide bonds. The van der Waals surface area contributed by atoms with E-state index in [1.165, 1.54) is 13.1 Å². The van der Waals surface area contributed by atoms with E-state index < -0.39 is 17.9 Å². The van der Waals surface area contributed by atoms with Crippen molar-refractivity contribution in [1.29, 1.82) is 0 Å². The van der Waals surface area contributed by atoms with Gasteiger partial charge in [-0.1, -0.05) is 0 Å². The van der Waals surface area contributed by atoms with Gasteiger partial charge in [-0.25, -0.2) is 0 Å². The molecule has 3 nitrogen and oxygen atoms in total. The Balaban J connectivity index is 2.36. The second-order valence-corrected chi connectivity index (χ2v) is 3.72. The second-order valence-electron chi connectivity index (χ2n) is 3.72. The van der Waals surface area contributed by atoms with Crippen LogP contribution in [0.3, 0.4) is 0 Å². The largest absolute Gasteiger partial charge is 0.433 e. The molecule has 0 aliphatic heterocycles. The van der Waals surface area contributed by atoms with Gasteiger partial charge in [-0.15, -0.1) is 0 Å². The van der Waals surface area contributed by atoms with Crippen molar-refractivity contribution >= 4 is 5.78 Å². The van der Waals surface area contributed by atoms with Gasteiger partial charge in [-0.05, 0) is 12.5 Å². The van der Waals surface area contributed by atoms with Crippen molar-refractivity contribution in [3.8, 4) is 0 Å². The fraction of sp³-hybridized carbons (Fsp3) is 0.556. The predicted molar refractivity (Wildman–Crippen MR) is 45.2 cm³/mol. The highest BCUT2D eigenvalue weighted by Gasteiger charge is 2.41. The Labute approximate surface area is 83.9 Å². The molecule has 0 N–H and O–H groups in total. The molecule has 1 saturated carbocycles. The van der Waals surface area contributed by atoms with E-state index in [-0.39, 0.29) is 24.2 Å². The van der Waals surface area contributed by atoms with Gasteiger partial charge in [0.1, 0.15) is 11.5 Å². The Hall–Kier alpha value is -1.33. The number of ketones is 1. The summed E-state index contributed by atoms with van der Waals surface area (Å²) in [6, 6.07) is -0.414. The first-order valence-corrected chi connectivity index (χ1v) is 4.52. The molecule has 1 aliphatic carbocycles. The third-order valence-electron chi connectivity index (χ3n) is 2.52. The van der Waals surface area contributed by atoms with Gasteiger partial charge in [0.2, 0.25) is 0 Å². The van der Waals surface area contributed by atoms with Crippen LogP contribution in [0.5, 0.6) is 0 Å². The first kappa shape index (κ1) is 10.2. The number of carbonyl (C=O) groups excluding carboxylic acids is 1. The van der Waals surface area contributed by atoms with Gasteiger partial charge in [0.15, 0.2) is 0 Å². The highest BCUT2D eigenvalue weighted by molar-refractivity contribution is 5.85. The fourth-order valence-electron chi connectivity index (χ4n) is 1.72. The quantitative estimate of drug-likeness (QED) is 0.723. The van der Waals surface area contributed by atoms with Crippen molar-refractivity contribution in [1.82, 2.24) is 9.78 Å². The van der Waals surface area contributed by atoms with Crippen LogP contribution in [0.1, 0.15) is 30.1 Å². The maximum Gasteiger partial charge on any atom is 0.433 e. The molecule has 0 spiro atoms. The highest BCUT2D eigenvalue weighted by atomic mass is 19.4. The lowest BCUT2D eigenvalue weighted by Crippen LogP contribution is -2.30. The van der Waals surface area contributed by atoms with Crippen molar-refractivity contribution in [2.24, 2.45) is 0 Å². The van der Waals surface area contributed by atoms with Gasteiger partial charge in [0.05, 0.1) is 12.2 Å². The molecule has 1 aliphatic rings. The zero-order valence-electron chi connectivity index (χ0n) is 8.01. The molecule has 82 valence electrons. The van der Waals surface area contributed by atoms with Crippen molar-refractivity contribution in [2.75, 3.05) is 0 Å². The normalized spacial score (nSPS) is 18.0. The van der Waals surface area contributed by atoms with Crippen LogP contribution in [-0.2, 0) is 11.0 Å². The number of Topliss-reactive ketones (excluding diaryl/α,β-unsaturated/α-hetero) is 1. The molecular formula is C9H9F3N2O. The third-order valence-corrected chi connectivity index (χ3v) is 2.52. The number of aryl methyl sites for hydroxylation is 1. The molecule has 2 rings (SSSR count). The summed E-state index contributed by atoms with van der Waals surface area (Å²) in [6.07, 6.45) is -2.90. The molecule has 0 radical (unpaired) electrons. The zero-order valence-corrected chi connectivity index (χ0v) is 8.01. The molecule has 0 bridgehead atoms. The van der Waals surface area contributed by atoms with E-state index in [0.29, 0.717) is 0 Å². The van der Waals surface area contributed by atoms with Gasteiger partial charge in [-0.3, -0.25) is 9.48 Å². The van der Waals surface area contributed by atoms with Crippen molar-refractivity contribution in [2.45, 2.75) is 32.0 Å². The van der Waals surface area contributed by atoms with E-state index in [9.17, 15) is 18.0 Å². The summed E-state index contributed by atoms with van der Waals surface area (Å²) in [6.45, 7) is 1.37. The minimum absolute atomic E-state index is 0.0127. The lowest BCUT2D eigenvalue weighted by molar-refractivity contribution is -0.148. The number of hydrogen-bond donors (Lipinski definition) is 0. The van der Waals surface area contributed by atoms with Gasteiger partial charge in [-0.2, -0.15) is 18.3 Å². The SMILES string of the molecule is Cc1cnn(C2CC(=O)C2)c1C(F)(F)F. The third kappa shape index (κ3) is 1.64. The van der Waals surface area contributed by atoms with Crippen molar-refractivity contribution < 1.29 is 18.0 Å². The lowest BCUT2D eigenvalue weighted by atomic mass is 9.91. The molecule has 1 fully saturated rings. The summed E-state index contributed by atoms with van der Waals surface area (Å²) in [7, 11) is 0. The molecule has 6 heteroatoms. The molecule has 0 saturated heterocycles. The summed E-state index contributed by atoms with van der Waals surface area (Å²) in [5, 5.41) is 3.68. The average molecular weight is 218 g/mol. The van der Waals surface area contributed by atoms with Crippen LogP contribution in [0.4, 0.5) is 13.2 Å². The Bertz CT molecular complexity index is 400. The second kappa shape index (κ2) is 3.08. The topological polar surface area (TPSA) is 34.9 Å². The summed E-state index contributed by atoms with van der Waals surface area (Å²) < 4.78 is 38.8. The van der Waals surface area contributed by atoms with E-state index in [2.05, 4.69) is 5.10 Å². The Morgan fingerprint density at radius 1 is 1.47 bits per heavy atom. The number of carbonyl (C=O) groups is 1. The average Bonchev–Trinajstić information content (AvgIpc) is 2.40. The molecule has 0 atom stereocenters. The Morgan fingerprint density at radius 2 is 2.07 bits per heavy atom. The van der Waals surface area contributed by atoms with Crippen LogP contribution >= 0.6 is 0 Å². The van der Waals surface area contributed by atoms with E-state index in [1.54, 1.807) is 0 Å². The number of aromatic nitrogens is 2.